The van der Waals surface area contributed by atoms with Crippen molar-refractivity contribution >= 4 is 23.8 Å². The molecule has 1 saturated heterocycles. The molecule has 1 fully saturated rings. The molecular weight excluding hydrogens is 670 g/mol. The number of esters is 1. The molecule has 1 aromatic rings. The van der Waals surface area contributed by atoms with Crippen LogP contribution in [0.4, 0.5) is 0 Å². The molecule has 0 radical (unpaired) electrons. The number of aliphatic carboxylic acids is 2. The summed E-state index contributed by atoms with van der Waals surface area (Å²) in [5.41, 5.74) is -1.96. The van der Waals surface area contributed by atoms with E-state index in [4.69, 9.17) is 24.1 Å². The van der Waals surface area contributed by atoms with Crippen LogP contribution in [0, 0.1) is 17.8 Å². The molecular formula is C40H59NO11. The van der Waals surface area contributed by atoms with Gasteiger partial charge < -0.3 is 39.6 Å². The summed E-state index contributed by atoms with van der Waals surface area (Å²) in [6.45, 7) is 5.36. The summed E-state index contributed by atoms with van der Waals surface area (Å²) in [6.07, 6.45) is 13.6. The van der Waals surface area contributed by atoms with Crippen LogP contribution in [-0.2, 0) is 39.8 Å². The molecule has 3 atom stereocenters. The Bertz CT molecular complexity index is 1330. The van der Waals surface area contributed by atoms with E-state index in [9.17, 15) is 29.4 Å². The Morgan fingerprint density at radius 3 is 2.17 bits per heavy atom. The Hall–Kier alpha value is -3.92. The quantitative estimate of drug-likeness (QED) is 0.0363. The monoisotopic (exact) mass is 729 g/mol. The van der Waals surface area contributed by atoms with Gasteiger partial charge >= 0.3 is 17.9 Å². The lowest BCUT2D eigenvalue weighted by atomic mass is 9.81. The van der Waals surface area contributed by atoms with Gasteiger partial charge in [-0.1, -0.05) is 75.7 Å². The maximum atomic E-state index is 13.7. The van der Waals surface area contributed by atoms with Gasteiger partial charge in [0.25, 0.3) is 0 Å². The van der Waals surface area contributed by atoms with E-state index >= 15 is 0 Å². The van der Waals surface area contributed by atoms with Gasteiger partial charge in [-0.2, -0.15) is 0 Å². The largest absolute Gasteiger partial charge is 0.481 e. The van der Waals surface area contributed by atoms with Gasteiger partial charge in [0.2, 0.25) is 5.91 Å². The Kier molecular flexibility index (Phi) is 20.7. The van der Waals surface area contributed by atoms with E-state index in [1.807, 2.05) is 0 Å². The van der Waals surface area contributed by atoms with E-state index < -0.39 is 53.6 Å². The second-order valence-corrected chi connectivity index (χ2v) is 13.3. The molecule has 0 spiro atoms. The van der Waals surface area contributed by atoms with Crippen molar-refractivity contribution in [2.75, 3.05) is 26.9 Å². The van der Waals surface area contributed by atoms with Gasteiger partial charge in [-0.05, 0) is 63.1 Å². The van der Waals surface area contributed by atoms with Crippen LogP contribution in [0.2, 0.25) is 0 Å². The van der Waals surface area contributed by atoms with Crippen LogP contribution in [-0.4, -0.2) is 83.5 Å². The number of benzene rings is 1. The lowest BCUT2D eigenvalue weighted by Gasteiger charge is -2.31. The summed E-state index contributed by atoms with van der Waals surface area (Å²) in [5.74, 6) is -0.484. The number of carbonyl (C=O) groups excluding carboxylic acids is 2. The second-order valence-electron chi connectivity index (χ2n) is 13.3. The van der Waals surface area contributed by atoms with Gasteiger partial charge in [0.05, 0.1) is 26.2 Å². The maximum absolute atomic E-state index is 13.7. The van der Waals surface area contributed by atoms with Crippen molar-refractivity contribution in [3.63, 3.8) is 0 Å². The third-order valence-corrected chi connectivity index (χ3v) is 9.25. The van der Waals surface area contributed by atoms with Gasteiger partial charge in [0, 0.05) is 25.7 Å². The zero-order valence-corrected chi connectivity index (χ0v) is 31.2. The van der Waals surface area contributed by atoms with Gasteiger partial charge in [0.15, 0.2) is 11.4 Å². The van der Waals surface area contributed by atoms with E-state index in [2.05, 4.69) is 24.1 Å². The fourth-order valence-electron chi connectivity index (χ4n) is 6.27. The Morgan fingerprint density at radius 2 is 1.60 bits per heavy atom. The van der Waals surface area contributed by atoms with Gasteiger partial charge in [-0.3, -0.25) is 9.59 Å². The number of hydrogen-bond acceptors (Lipinski definition) is 9. The molecule has 52 heavy (non-hydrogen) atoms. The molecule has 1 aliphatic heterocycles. The minimum atomic E-state index is -2.62. The number of carboxylic acid groups (broad SMARTS) is 2. The van der Waals surface area contributed by atoms with Gasteiger partial charge in [0.1, 0.15) is 18.4 Å². The van der Waals surface area contributed by atoms with E-state index in [0.717, 1.165) is 44.9 Å². The molecule has 0 aliphatic carbocycles. The fourth-order valence-corrected chi connectivity index (χ4v) is 6.27. The van der Waals surface area contributed by atoms with E-state index in [0.29, 0.717) is 30.9 Å². The number of carboxylic acids is 2. The zero-order chi connectivity index (χ0) is 38.2. The highest BCUT2D eigenvalue weighted by atomic mass is 16.7. The smallest absolute Gasteiger partial charge is 0.336 e. The van der Waals surface area contributed by atoms with Crippen LogP contribution in [0.25, 0.3) is 0 Å². The molecule has 12 nitrogen and oxygen atoms in total. The molecule has 1 aromatic carbocycles. The number of carbonyl (C=O) groups is 4. The van der Waals surface area contributed by atoms with Crippen molar-refractivity contribution in [3.8, 4) is 17.6 Å². The number of amides is 1. The average Bonchev–Trinajstić information content (AvgIpc) is 3.59. The number of methoxy groups -OCH3 is 1. The topological polar surface area (TPSA) is 178 Å². The number of allylic oxidation sites excluding steroid dienone is 1. The molecule has 0 bridgehead atoms. The zero-order valence-electron chi connectivity index (χ0n) is 31.2. The molecule has 2 rings (SSSR count). The standard InChI is InChI=1S/C40H59NO11/c1-4-6-8-12-15-24-39(51-28-29-52-39)25-16-13-10-9-11-14-18-33(40(48,38(46)47)26-17-19-35(42)43)36(44)41-34(37(45)49-3)30-31-20-22-32(23-21-31)50-27-7-5-2/h14,18,20-23,33-34,48H,4,6,8-13,15-17,19,24-30H2,1-3H3,(H,41,44)(H,42,43)(H,46,47)/b18-14+/t33-,34+,40+/m1/s1. The Balaban J connectivity index is 2.08. The summed E-state index contributed by atoms with van der Waals surface area (Å²) in [6, 6.07) is 5.63. The van der Waals surface area contributed by atoms with Crippen LogP contribution < -0.4 is 10.1 Å². The molecule has 0 aromatic heterocycles. The highest BCUT2D eigenvalue weighted by molar-refractivity contribution is 5.92. The Labute approximate surface area is 308 Å². The number of ether oxygens (including phenoxy) is 4. The van der Waals surface area contributed by atoms with Crippen molar-refractivity contribution in [1.29, 1.82) is 0 Å². The molecule has 1 amide bonds. The molecule has 4 N–H and O–H groups in total. The summed E-state index contributed by atoms with van der Waals surface area (Å²) < 4.78 is 22.5. The summed E-state index contributed by atoms with van der Waals surface area (Å²) in [7, 11) is 1.17. The molecule has 290 valence electrons. The lowest BCUT2D eigenvalue weighted by molar-refractivity contribution is -0.168. The molecule has 0 unspecified atom stereocenters. The summed E-state index contributed by atoms with van der Waals surface area (Å²) >= 11 is 0. The van der Waals surface area contributed by atoms with Crippen molar-refractivity contribution in [2.45, 2.75) is 134 Å². The lowest BCUT2D eigenvalue weighted by Crippen LogP contribution is -2.54. The second kappa shape index (κ2) is 24.3. The predicted octanol–water partition coefficient (Wildman–Crippen LogP) is 5.98. The first-order chi connectivity index (χ1) is 25.0. The predicted molar refractivity (Wildman–Crippen MR) is 195 cm³/mol. The van der Waals surface area contributed by atoms with Gasteiger partial charge in [-0.25, -0.2) is 9.59 Å². The van der Waals surface area contributed by atoms with Crippen molar-refractivity contribution < 1.29 is 53.4 Å². The van der Waals surface area contributed by atoms with Crippen LogP contribution in [0.1, 0.15) is 116 Å². The number of unbranched alkanes of at least 4 members (excludes halogenated alkanes) is 8. The highest BCUT2D eigenvalue weighted by Crippen LogP contribution is 2.32. The SMILES string of the molecule is CC#CCOc1ccc(C[C@H](NC(=O)[C@@H](/C=C/CCCCCCC2(CCCCCCC)OCCO2)[C@@](O)(CCCC(=O)O)C(=O)O)C(=O)OC)cc1. The van der Waals surface area contributed by atoms with E-state index in [1.54, 1.807) is 37.3 Å². The average molecular weight is 730 g/mol. The number of hydrogen-bond donors (Lipinski definition) is 4. The fraction of sp³-hybridized carbons (Fsp3) is 0.650. The first-order valence-corrected chi connectivity index (χ1v) is 18.6. The van der Waals surface area contributed by atoms with Crippen molar-refractivity contribution in [2.24, 2.45) is 5.92 Å². The van der Waals surface area contributed by atoms with E-state index in [-0.39, 0.29) is 25.9 Å². The van der Waals surface area contributed by atoms with Gasteiger partial charge in [-0.15, -0.1) is 5.92 Å². The highest BCUT2D eigenvalue weighted by Gasteiger charge is 2.47. The minimum Gasteiger partial charge on any atom is -0.481 e. The third kappa shape index (κ3) is 15.8. The first kappa shape index (κ1) is 44.2. The van der Waals surface area contributed by atoms with Crippen LogP contribution >= 0.6 is 0 Å². The maximum Gasteiger partial charge on any atom is 0.336 e. The van der Waals surface area contributed by atoms with E-state index in [1.165, 1.54) is 38.9 Å². The number of rotatable bonds is 27. The van der Waals surface area contributed by atoms with Crippen molar-refractivity contribution in [1.82, 2.24) is 5.32 Å². The van der Waals surface area contributed by atoms with Crippen molar-refractivity contribution in [3.05, 3.63) is 42.0 Å². The number of nitrogens with one attached hydrogen (secondary N) is 1. The summed E-state index contributed by atoms with van der Waals surface area (Å²) in [4.78, 5) is 50.1. The minimum absolute atomic E-state index is 0.0185. The third-order valence-electron chi connectivity index (χ3n) is 9.25. The first-order valence-electron chi connectivity index (χ1n) is 18.6. The number of aliphatic hydroxyl groups is 1. The van der Waals surface area contributed by atoms with Crippen LogP contribution in [0.3, 0.4) is 0 Å². The molecule has 1 aliphatic rings. The van der Waals surface area contributed by atoms with Crippen LogP contribution in [0.5, 0.6) is 5.75 Å². The molecule has 0 saturated carbocycles. The Morgan fingerprint density at radius 1 is 0.962 bits per heavy atom. The summed E-state index contributed by atoms with van der Waals surface area (Å²) in [5, 5.41) is 33.2. The normalized spacial score (nSPS) is 15.9. The molecule has 1 heterocycles. The van der Waals surface area contributed by atoms with Crippen LogP contribution in [0.15, 0.2) is 36.4 Å². The molecule has 12 heteroatoms.